The predicted molar refractivity (Wildman–Crippen MR) is 69.3 cm³/mol. The zero-order valence-corrected chi connectivity index (χ0v) is 11.6. The standard InChI is InChI=1S/C13H24N2O3/c1-10(2)14(3)12(16)9-15-6-4-5-11(8-15)7-13(17)18/h10-11H,4-9H2,1-3H3,(H,17,18). The molecule has 0 bridgehead atoms. The lowest BCUT2D eigenvalue weighted by Gasteiger charge is -2.33. The lowest BCUT2D eigenvalue weighted by atomic mass is 9.95. The van der Waals surface area contributed by atoms with Gasteiger partial charge in [-0.15, -0.1) is 0 Å². The molecule has 104 valence electrons. The first kappa shape index (κ1) is 15.0. The van der Waals surface area contributed by atoms with Gasteiger partial charge < -0.3 is 10.0 Å². The molecule has 1 aliphatic heterocycles. The third-order valence-corrected chi connectivity index (χ3v) is 3.59. The Hall–Kier alpha value is -1.10. The van der Waals surface area contributed by atoms with Gasteiger partial charge in [-0.2, -0.15) is 0 Å². The summed E-state index contributed by atoms with van der Waals surface area (Å²) in [5.74, 6) is -0.443. The van der Waals surface area contributed by atoms with Gasteiger partial charge in [-0.05, 0) is 39.2 Å². The first-order valence-electron chi connectivity index (χ1n) is 6.60. The number of carboxylic acid groups (broad SMARTS) is 1. The number of likely N-dealkylation sites (tertiary alicyclic amines) is 1. The summed E-state index contributed by atoms with van der Waals surface area (Å²) in [6.07, 6.45) is 2.15. The molecular formula is C13H24N2O3. The number of rotatable bonds is 5. The topological polar surface area (TPSA) is 60.9 Å². The van der Waals surface area contributed by atoms with Crippen LogP contribution < -0.4 is 0 Å². The minimum absolute atomic E-state index is 0.112. The molecule has 0 spiro atoms. The van der Waals surface area contributed by atoms with Gasteiger partial charge in [0.2, 0.25) is 5.91 Å². The fourth-order valence-corrected chi connectivity index (χ4v) is 2.30. The summed E-state index contributed by atoms with van der Waals surface area (Å²) >= 11 is 0. The molecular weight excluding hydrogens is 232 g/mol. The molecule has 1 N–H and O–H groups in total. The van der Waals surface area contributed by atoms with Gasteiger partial charge in [-0.1, -0.05) is 0 Å². The summed E-state index contributed by atoms with van der Waals surface area (Å²) in [6, 6.07) is 0.206. The number of piperidine rings is 1. The van der Waals surface area contributed by atoms with Gasteiger partial charge in [0, 0.05) is 26.1 Å². The van der Waals surface area contributed by atoms with E-state index in [0.717, 1.165) is 25.9 Å². The molecule has 5 heteroatoms. The molecule has 0 aromatic rings. The Morgan fingerprint density at radius 1 is 1.44 bits per heavy atom. The first-order chi connectivity index (χ1) is 8.40. The molecule has 0 aromatic heterocycles. The maximum atomic E-state index is 11.9. The fourth-order valence-electron chi connectivity index (χ4n) is 2.30. The Morgan fingerprint density at radius 2 is 2.11 bits per heavy atom. The number of hydrogen-bond donors (Lipinski definition) is 1. The van der Waals surface area contributed by atoms with Gasteiger partial charge >= 0.3 is 5.97 Å². The predicted octanol–water partition coefficient (Wildman–Crippen LogP) is 1.04. The molecule has 0 aromatic carbocycles. The van der Waals surface area contributed by atoms with Gasteiger partial charge in [0.1, 0.15) is 0 Å². The summed E-state index contributed by atoms with van der Waals surface area (Å²) in [5.41, 5.74) is 0. The third kappa shape index (κ3) is 4.64. The highest BCUT2D eigenvalue weighted by molar-refractivity contribution is 5.78. The monoisotopic (exact) mass is 256 g/mol. The number of carbonyl (C=O) groups excluding carboxylic acids is 1. The van der Waals surface area contributed by atoms with Crippen molar-refractivity contribution in [2.24, 2.45) is 5.92 Å². The number of nitrogens with zero attached hydrogens (tertiary/aromatic N) is 2. The van der Waals surface area contributed by atoms with Gasteiger partial charge in [-0.25, -0.2) is 0 Å². The van der Waals surface area contributed by atoms with E-state index in [4.69, 9.17) is 5.11 Å². The third-order valence-electron chi connectivity index (χ3n) is 3.59. The molecule has 1 aliphatic rings. The molecule has 1 heterocycles. The molecule has 0 aliphatic carbocycles. The van der Waals surface area contributed by atoms with E-state index in [1.807, 2.05) is 20.9 Å². The van der Waals surface area contributed by atoms with E-state index in [0.29, 0.717) is 6.54 Å². The lowest BCUT2D eigenvalue weighted by Crippen LogP contribution is -2.45. The van der Waals surface area contributed by atoms with Crippen molar-refractivity contribution < 1.29 is 14.7 Å². The second-order valence-corrected chi connectivity index (χ2v) is 5.44. The van der Waals surface area contributed by atoms with Crippen molar-refractivity contribution in [1.29, 1.82) is 0 Å². The SMILES string of the molecule is CC(C)N(C)C(=O)CN1CCCC(CC(=O)O)C1. The Balaban J connectivity index is 2.42. The van der Waals surface area contributed by atoms with Crippen molar-refractivity contribution in [3.05, 3.63) is 0 Å². The second kappa shape index (κ2) is 6.73. The zero-order chi connectivity index (χ0) is 13.7. The zero-order valence-electron chi connectivity index (χ0n) is 11.6. The second-order valence-electron chi connectivity index (χ2n) is 5.44. The Kier molecular flexibility index (Phi) is 5.59. The molecule has 1 saturated heterocycles. The Bertz CT molecular complexity index is 305. The lowest BCUT2D eigenvalue weighted by molar-refractivity contribution is -0.138. The van der Waals surface area contributed by atoms with Gasteiger partial charge in [-0.3, -0.25) is 14.5 Å². The average Bonchev–Trinajstić information content (AvgIpc) is 2.27. The van der Waals surface area contributed by atoms with Crippen LogP contribution in [0.15, 0.2) is 0 Å². The average molecular weight is 256 g/mol. The van der Waals surface area contributed by atoms with Crippen LogP contribution in [0, 0.1) is 5.92 Å². The van der Waals surface area contributed by atoms with Crippen LogP contribution in [0.25, 0.3) is 0 Å². The number of carbonyl (C=O) groups is 2. The van der Waals surface area contributed by atoms with E-state index in [-0.39, 0.29) is 24.3 Å². The van der Waals surface area contributed by atoms with Crippen LogP contribution in [0.5, 0.6) is 0 Å². The summed E-state index contributed by atoms with van der Waals surface area (Å²) in [7, 11) is 1.81. The van der Waals surface area contributed by atoms with Crippen LogP contribution in [0.1, 0.15) is 33.1 Å². The molecule has 1 unspecified atom stereocenters. The molecule has 1 rings (SSSR count). The van der Waals surface area contributed by atoms with E-state index in [2.05, 4.69) is 4.90 Å². The van der Waals surface area contributed by atoms with E-state index in [1.54, 1.807) is 4.90 Å². The van der Waals surface area contributed by atoms with Crippen molar-refractivity contribution in [1.82, 2.24) is 9.80 Å². The number of aliphatic carboxylic acids is 1. The van der Waals surface area contributed by atoms with E-state index in [1.165, 1.54) is 0 Å². The summed E-state index contributed by atoms with van der Waals surface area (Å²) < 4.78 is 0. The van der Waals surface area contributed by atoms with Crippen molar-refractivity contribution >= 4 is 11.9 Å². The maximum Gasteiger partial charge on any atom is 0.303 e. The van der Waals surface area contributed by atoms with Crippen LogP contribution in [0.4, 0.5) is 0 Å². The van der Waals surface area contributed by atoms with Gasteiger partial charge in [0.05, 0.1) is 6.54 Å². The molecule has 18 heavy (non-hydrogen) atoms. The quantitative estimate of drug-likeness (QED) is 0.798. The smallest absolute Gasteiger partial charge is 0.303 e. The van der Waals surface area contributed by atoms with Crippen molar-refractivity contribution in [3.63, 3.8) is 0 Å². The summed E-state index contributed by atoms with van der Waals surface area (Å²) in [6.45, 7) is 6.01. The van der Waals surface area contributed by atoms with Gasteiger partial charge in [0.25, 0.3) is 0 Å². The fraction of sp³-hybridized carbons (Fsp3) is 0.846. The first-order valence-corrected chi connectivity index (χ1v) is 6.60. The van der Waals surface area contributed by atoms with Crippen LogP contribution in [0.3, 0.4) is 0 Å². The van der Waals surface area contributed by atoms with Gasteiger partial charge in [0.15, 0.2) is 0 Å². The highest BCUT2D eigenvalue weighted by Gasteiger charge is 2.24. The largest absolute Gasteiger partial charge is 0.481 e. The number of carboxylic acids is 1. The Labute approximate surface area is 109 Å². The van der Waals surface area contributed by atoms with Crippen molar-refractivity contribution in [3.8, 4) is 0 Å². The molecule has 5 nitrogen and oxygen atoms in total. The minimum Gasteiger partial charge on any atom is -0.481 e. The number of amides is 1. The molecule has 0 saturated carbocycles. The van der Waals surface area contributed by atoms with Crippen LogP contribution in [-0.2, 0) is 9.59 Å². The number of likely N-dealkylation sites (N-methyl/N-ethyl adjacent to an activating group) is 1. The highest BCUT2D eigenvalue weighted by atomic mass is 16.4. The normalized spacial score (nSPS) is 21.0. The van der Waals surface area contributed by atoms with E-state index < -0.39 is 5.97 Å². The summed E-state index contributed by atoms with van der Waals surface area (Å²) in [4.78, 5) is 26.5. The van der Waals surface area contributed by atoms with Crippen LogP contribution in [0.2, 0.25) is 0 Å². The van der Waals surface area contributed by atoms with E-state index in [9.17, 15) is 9.59 Å². The number of hydrogen-bond acceptors (Lipinski definition) is 3. The maximum absolute atomic E-state index is 11.9. The Morgan fingerprint density at radius 3 is 2.67 bits per heavy atom. The summed E-state index contributed by atoms with van der Waals surface area (Å²) in [5, 5.41) is 8.80. The van der Waals surface area contributed by atoms with Crippen LogP contribution in [-0.4, -0.2) is 59.5 Å². The highest BCUT2D eigenvalue weighted by Crippen LogP contribution is 2.19. The molecule has 1 amide bonds. The van der Waals surface area contributed by atoms with Crippen LogP contribution >= 0.6 is 0 Å². The molecule has 1 atom stereocenters. The van der Waals surface area contributed by atoms with Crippen molar-refractivity contribution in [2.45, 2.75) is 39.2 Å². The molecule has 0 radical (unpaired) electrons. The minimum atomic E-state index is -0.743. The van der Waals surface area contributed by atoms with E-state index >= 15 is 0 Å². The molecule has 1 fully saturated rings. The van der Waals surface area contributed by atoms with Crippen molar-refractivity contribution in [2.75, 3.05) is 26.7 Å².